The molecule has 0 aromatic heterocycles. The van der Waals surface area contributed by atoms with Crippen LogP contribution < -0.4 is 15.4 Å². The highest BCUT2D eigenvalue weighted by Gasteiger charge is 2.03. The van der Waals surface area contributed by atoms with E-state index in [0.29, 0.717) is 17.9 Å². The maximum absolute atomic E-state index is 11.4. The Morgan fingerprint density at radius 3 is 2.72 bits per heavy atom. The first-order chi connectivity index (χ1) is 8.65. The number of rotatable bonds is 6. The molecule has 5 nitrogen and oxygen atoms in total. The molecule has 0 aliphatic carbocycles. The summed E-state index contributed by atoms with van der Waals surface area (Å²) in [7, 11) is 1.55. The minimum absolute atomic E-state index is 0.0269. The normalized spacial score (nSPS) is 9.67. The highest BCUT2D eigenvalue weighted by atomic mass is 16.5. The summed E-state index contributed by atoms with van der Waals surface area (Å²) in [6.45, 7) is 1.91. The fraction of sp³-hybridized carbons (Fsp3) is 0.385. The quantitative estimate of drug-likeness (QED) is 0.805. The Hall–Kier alpha value is -2.04. The van der Waals surface area contributed by atoms with Gasteiger partial charge in [-0.2, -0.15) is 0 Å². The van der Waals surface area contributed by atoms with Gasteiger partial charge < -0.3 is 15.4 Å². The van der Waals surface area contributed by atoms with Crippen LogP contribution in [0.3, 0.4) is 0 Å². The van der Waals surface area contributed by atoms with Crippen LogP contribution in [0.2, 0.25) is 0 Å². The number of carbonyl (C=O) groups excluding carboxylic acids is 2. The molecule has 0 bridgehead atoms. The number of hydrogen-bond donors (Lipinski definition) is 2. The number of nitrogens with one attached hydrogen (secondary N) is 2. The number of ether oxygens (including phenoxy) is 1. The molecule has 0 aliphatic rings. The van der Waals surface area contributed by atoms with Crippen LogP contribution in [0.1, 0.15) is 19.8 Å². The summed E-state index contributed by atoms with van der Waals surface area (Å²) in [5, 5.41) is 5.23. The lowest BCUT2D eigenvalue weighted by Crippen LogP contribution is -2.24. The molecule has 0 unspecified atom stereocenters. The molecule has 0 aliphatic heterocycles. The Labute approximate surface area is 107 Å². The van der Waals surface area contributed by atoms with Gasteiger partial charge in [0, 0.05) is 25.2 Å². The summed E-state index contributed by atoms with van der Waals surface area (Å²) in [6.07, 6.45) is 1.29. The molecule has 5 heteroatoms. The third kappa shape index (κ3) is 4.86. The summed E-state index contributed by atoms with van der Waals surface area (Å²) < 4.78 is 5.28. The van der Waals surface area contributed by atoms with Gasteiger partial charge in [0.05, 0.1) is 0 Å². The average molecular weight is 250 g/mol. The van der Waals surface area contributed by atoms with Crippen molar-refractivity contribution in [3.05, 3.63) is 24.3 Å². The first-order valence-electron chi connectivity index (χ1n) is 5.89. The molecule has 18 heavy (non-hydrogen) atoms. The van der Waals surface area contributed by atoms with E-state index in [2.05, 4.69) is 10.6 Å². The third-order valence-corrected chi connectivity index (χ3v) is 2.24. The van der Waals surface area contributed by atoms with Crippen molar-refractivity contribution in [3.63, 3.8) is 0 Å². The molecule has 1 rings (SSSR count). The highest BCUT2D eigenvalue weighted by Crippen LogP contribution is 2.17. The zero-order valence-corrected chi connectivity index (χ0v) is 10.7. The summed E-state index contributed by atoms with van der Waals surface area (Å²) in [5.74, 6) is 0.323. The molecule has 2 N–H and O–H groups in total. The third-order valence-electron chi connectivity index (χ3n) is 2.24. The van der Waals surface area contributed by atoms with Crippen LogP contribution in [0.15, 0.2) is 24.3 Å². The largest absolute Gasteiger partial charge is 0.484 e. The van der Waals surface area contributed by atoms with E-state index in [4.69, 9.17) is 4.74 Å². The molecule has 0 spiro atoms. The fourth-order valence-corrected chi connectivity index (χ4v) is 1.34. The van der Waals surface area contributed by atoms with Gasteiger partial charge in [-0.25, -0.2) is 0 Å². The maximum Gasteiger partial charge on any atom is 0.257 e. The number of amides is 2. The van der Waals surface area contributed by atoms with Crippen LogP contribution in [-0.2, 0) is 9.59 Å². The first kappa shape index (κ1) is 14.0. The summed E-state index contributed by atoms with van der Waals surface area (Å²) >= 11 is 0. The number of likely N-dealkylation sites (N-methyl/N-ethyl adjacent to an activating group) is 1. The lowest BCUT2D eigenvalue weighted by Gasteiger charge is -2.08. The summed E-state index contributed by atoms with van der Waals surface area (Å²) in [6, 6.07) is 6.97. The molecular weight excluding hydrogens is 232 g/mol. The molecule has 1 aromatic rings. The molecule has 1 aromatic carbocycles. The van der Waals surface area contributed by atoms with Gasteiger partial charge in [-0.1, -0.05) is 13.0 Å². The van der Waals surface area contributed by atoms with E-state index in [-0.39, 0.29) is 18.4 Å². The molecule has 2 amide bonds. The number of hydrogen-bond acceptors (Lipinski definition) is 3. The molecule has 98 valence electrons. The Kier molecular flexibility index (Phi) is 5.70. The van der Waals surface area contributed by atoms with Crippen molar-refractivity contribution >= 4 is 17.5 Å². The van der Waals surface area contributed by atoms with E-state index in [0.717, 1.165) is 6.42 Å². The van der Waals surface area contributed by atoms with Crippen molar-refractivity contribution in [1.82, 2.24) is 5.32 Å². The lowest BCUT2D eigenvalue weighted by atomic mass is 10.2. The van der Waals surface area contributed by atoms with Crippen molar-refractivity contribution in [3.8, 4) is 5.75 Å². The van der Waals surface area contributed by atoms with E-state index in [1.165, 1.54) is 0 Å². The number of benzene rings is 1. The molecular formula is C13H18N2O3. The smallest absolute Gasteiger partial charge is 0.257 e. The summed E-state index contributed by atoms with van der Waals surface area (Å²) in [5.41, 5.74) is 0.669. The van der Waals surface area contributed by atoms with Gasteiger partial charge in [0.2, 0.25) is 5.91 Å². The molecule has 0 saturated carbocycles. The van der Waals surface area contributed by atoms with Crippen molar-refractivity contribution in [2.45, 2.75) is 19.8 Å². The minimum Gasteiger partial charge on any atom is -0.484 e. The molecule has 0 fully saturated rings. The second-order valence-electron chi connectivity index (χ2n) is 3.79. The zero-order chi connectivity index (χ0) is 13.4. The highest BCUT2D eigenvalue weighted by molar-refractivity contribution is 5.90. The van der Waals surface area contributed by atoms with E-state index in [9.17, 15) is 9.59 Å². The van der Waals surface area contributed by atoms with Crippen molar-refractivity contribution < 1.29 is 14.3 Å². The van der Waals surface area contributed by atoms with Gasteiger partial charge in [0.15, 0.2) is 6.61 Å². The number of carbonyl (C=O) groups is 2. The van der Waals surface area contributed by atoms with Gasteiger partial charge in [0.1, 0.15) is 5.75 Å². The van der Waals surface area contributed by atoms with Crippen molar-refractivity contribution in [1.29, 1.82) is 0 Å². The van der Waals surface area contributed by atoms with Gasteiger partial charge >= 0.3 is 0 Å². The molecule has 0 radical (unpaired) electrons. The Bertz CT molecular complexity index is 418. The monoisotopic (exact) mass is 250 g/mol. The first-order valence-corrected chi connectivity index (χ1v) is 5.89. The van der Waals surface area contributed by atoms with Crippen LogP contribution in [-0.4, -0.2) is 25.5 Å². The standard InChI is InChI=1S/C13H18N2O3/c1-3-5-12(16)15-10-6-4-7-11(8-10)18-9-13(17)14-2/h4,6-8H,3,5,9H2,1-2H3,(H,14,17)(H,15,16). The van der Waals surface area contributed by atoms with E-state index in [1.54, 1.807) is 31.3 Å². The second-order valence-corrected chi connectivity index (χ2v) is 3.79. The Morgan fingerprint density at radius 2 is 2.06 bits per heavy atom. The predicted octanol–water partition coefficient (Wildman–Crippen LogP) is 1.55. The van der Waals surface area contributed by atoms with Crippen molar-refractivity contribution in [2.75, 3.05) is 19.0 Å². The van der Waals surface area contributed by atoms with E-state index in [1.807, 2.05) is 6.92 Å². The predicted molar refractivity (Wildman–Crippen MR) is 69.5 cm³/mol. The average Bonchev–Trinajstić information content (AvgIpc) is 2.36. The van der Waals surface area contributed by atoms with Crippen molar-refractivity contribution in [2.24, 2.45) is 0 Å². The van der Waals surface area contributed by atoms with Crippen LogP contribution >= 0.6 is 0 Å². The van der Waals surface area contributed by atoms with Gasteiger partial charge in [0.25, 0.3) is 5.91 Å². The van der Waals surface area contributed by atoms with E-state index < -0.39 is 0 Å². The maximum atomic E-state index is 11.4. The number of anilines is 1. The zero-order valence-electron chi connectivity index (χ0n) is 10.7. The minimum atomic E-state index is -0.199. The van der Waals surface area contributed by atoms with Crippen LogP contribution in [0.25, 0.3) is 0 Å². The second kappa shape index (κ2) is 7.32. The molecule has 0 atom stereocenters. The van der Waals surface area contributed by atoms with Gasteiger partial charge in [-0.05, 0) is 18.6 Å². The van der Waals surface area contributed by atoms with E-state index >= 15 is 0 Å². The van der Waals surface area contributed by atoms with Gasteiger partial charge in [-0.3, -0.25) is 9.59 Å². The van der Waals surface area contributed by atoms with Crippen LogP contribution in [0.4, 0.5) is 5.69 Å². The van der Waals surface area contributed by atoms with Crippen LogP contribution in [0.5, 0.6) is 5.75 Å². The SMILES string of the molecule is CCCC(=O)Nc1cccc(OCC(=O)NC)c1. The topological polar surface area (TPSA) is 67.4 Å². The Balaban J connectivity index is 2.56. The van der Waals surface area contributed by atoms with Crippen LogP contribution in [0, 0.1) is 0 Å². The van der Waals surface area contributed by atoms with Gasteiger partial charge in [-0.15, -0.1) is 0 Å². The Morgan fingerprint density at radius 1 is 1.28 bits per heavy atom. The fourth-order valence-electron chi connectivity index (χ4n) is 1.34. The molecule has 0 heterocycles. The molecule has 0 saturated heterocycles. The summed E-state index contributed by atoms with van der Waals surface area (Å²) in [4.78, 5) is 22.4. The lowest BCUT2D eigenvalue weighted by molar-refractivity contribution is -0.122.